The van der Waals surface area contributed by atoms with Crippen molar-refractivity contribution in [3.63, 3.8) is 0 Å². The van der Waals surface area contributed by atoms with Gasteiger partial charge in [-0.3, -0.25) is 4.79 Å². The van der Waals surface area contributed by atoms with E-state index in [0.717, 1.165) is 43.4 Å². The molecule has 0 aromatic heterocycles. The lowest BCUT2D eigenvalue weighted by molar-refractivity contribution is -0.137. The van der Waals surface area contributed by atoms with Gasteiger partial charge in [0.2, 0.25) is 5.91 Å². The van der Waals surface area contributed by atoms with Gasteiger partial charge in [0, 0.05) is 6.42 Å². The zero-order chi connectivity index (χ0) is 30.0. The van der Waals surface area contributed by atoms with Gasteiger partial charge in [-0.2, -0.15) is 0 Å². The van der Waals surface area contributed by atoms with Gasteiger partial charge in [0.05, 0.1) is 7.11 Å². The fourth-order valence-electron chi connectivity index (χ4n) is 5.32. The predicted octanol–water partition coefficient (Wildman–Crippen LogP) is 6.74. The zero-order valence-corrected chi connectivity index (χ0v) is 24.4. The second-order valence-electron chi connectivity index (χ2n) is 11.3. The Morgan fingerprint density at radius 2 is 1.40 bits per heavy atom. The van der Waals surface area contributed by atoms with E-state index in [4.69, 9.17) is 9.47 Å². The summed E-state index contributed by atoms with van der Waals surface area (Å²) >= 11 is 0. The van der Waals surface area contributed by atoms with Gasteiger partial charge >= 0.3 is 12.1 Å². The maximum absolute atomic E-state index is 13.7. The Morgan fingerprint density at radius 1 is 0.786 bits per heavy atom. The highest BCUT2D eigenvalue weighted by Gasteiger charge is 2.28. The zero-order valence-electron chi connectivity index (χ0n) is 24.4. The lowest BCUT2D eigenvalue weighted by Gasteiger charge is -2.24. The minimum absolute atomic E-state index is 0.00147. The third kappa shape index (κ3) is 5.91. The summed E-state index contributed by atoms with van der Waals surface area (Å²) in [6, 6.07) is 26.8. The van der Waals surface area contributed by atoms with Crippen molar-refractivity contribution in [2.75, 3.05) is 7.11 Å². The predicted molar refractivity (Wildman–Crippen MR) is 166 cm³/mol. The van der Waals surface area contributed by atoms with Crippen molar-refractivity contribution in [2.24, 2.45) is 0 Å². The summed E-state index contributed by atoms with van der Waals surface area (Å²) in [5.41, 5.74) is 1.42. The largest absolute Gasteiger partial charge is 0.464 e. The molecule has 5 aromatic carbocycles. The van der Waals surface area contributed by atoms with Crippen LogP contribution in [0.3, 0.4) is 0 Å². The number of benzene rings is 5. The van der Waals surface area contributed by atoms with Crippen molar-refractivity contribution in [3.8, 4) is 0 Å². The number of nitrogens with one attached hydrogen (secondary N) is 2. The average molecular weight is 563 g/mol. The molecule has 0 aliphatic rings. The van der Waals surface area contributed by atoms with Gasteiger partial charge in [0.25, 0.3) is 0 Å². The quantitative estimate of drug-likeness (QED) is 0.130. The molecule has 5 rings (SSSR count). The molecule has 2 N–H and O–H groups in total. The minimum Gasteiger partial charge on any atom is -0.464 e. The first kappa shape index (κ1) is 28.6. The summed E-state index contributed by atoms with van der Waals surface area (Å²) in [6.07, 6.45) is -0.538. The summed E-state index contributed by atoms with van der Waals surface area (Å²) in [6.45, 7) is 7.02. The molecule has 214 valence electrons. The fraction of sp³-hybridized carbons (Fsp3) is 0.229. The number of amides is 2. The second kappa shape index (κ2) is 11.5. The smallest absolute Gasteiger partial charge is 0.408 e. The van der Waals surface area contributed by atoms with Gasteiger partial charge in [0.15, 0.2) is 0 Å². The van der Waals surface area contributed by atoms with Crippen molar-refractivity contribution >= 4 is 55.9 Å². The lowest BCUT2D eigenvalue weighted by atomic mass is 9.89. The molecule has 0 aliphatic heterocycles. The van der Waals surface area contributed by atoms with Crippen LogP contribution < -0.4 is 10.6 Å². The van der Waals surface area contributed by atoms with Crippen LogP contribution in [0.2, 0.25) is 0 Å². The van der Waals surface area contributed by atoms with E-state index >= 15 is 0 Å². The molecule has 0 radical (unpaired) electrons. The van der Waals surface area contributed by atoms with Crippen LogP contribution in [0.1, 0.15) is 38.8 Å². The Hall–Kier alpha value is -4.91. The Kier molecular flexibility index (Phi) is 7.85. The van der Waals surface area contributed by atoms with E-state index < -0.39 is 29.6 Å². The molecule has 0 heterocycles. The van der Waals surface area contributed by atoms with Gasteiger partial charge in [-0.15, -0.1) is 0 Å². The average Bonchev–Trinajstić information content (AvgIpc) is 2.97. The number of hydrogen-bond acceptors (Lipinski definition) is 5. The molecular weight excluding hydrogens is 528 g/mol. The summed E-state index contributed by atoms with van der Waals surface area (Å²) < 4.78 is 10.5. The number of methoxy groups -OCH3 is 1. The number of allylic oxidation sites excluding steroid dienone is 1. The molecule has 7 nitrogen and oxygen atoms in total. The molecule has 42 heavy (non-hydrogen) atoms. The van der Waals surface area contributed by atoms with Crippen molar-refractivity contribution in [3.05, 3.63) is 102 Å². The second-order valence-corrected chi connectivity index (χ2v) is 11.3. The summed E-state index contributed by atoms with van der Waals surface area (Å²) in [5, 5.41) is 12.0. The molecule has 0 saturated heterocycles. The molecule has 0 spiro atoms. The van der Waals surface area contributed by atoms with E-state index in [2.05, 4.69) is 41.0 Å². The van der Waals surface area contributed by atoms with E-state index in [-0.39, 0.29) is 12.1 Å². The fourth-order valence-corrected chi connectivity index (χ4v) is 5.32. The highest BCUT2D eigenvalue weighted by molar-refractivity contribution is 6.25. The molecule has 1 atom stereocenters. The standard InChI is InChI=1S/C35H34N2O5/c1-21(26-18-16-25-15-14-23-12-9-13-24-17-19-27(26)30(25)29(23)24)31(33(39)41-5)37-32(38)28(20-22-10-7-6-8-11-22)36-34(40)42-35(2,3)4/h6-19,28H,20H2,1-5H3,(H,36,40)(H,37,38)/b31-21+/t28-/m0/s1. The highest BCUT2D eigenvalue weighted by atomic mass is 16.6. The number of alkyl carbamates (subject to hydrolysis) is 1. The number of hydrogen-bond donors (Lipinski definition) is 2. The highest BCUT2D eigenvalue weighted by Crippen LogP contribution is 2.38. The van der Waals surface area contributed by atoms with Crippen LogP contribution in [0, 0.1) is 0 Å². The van der Waals surface area contributed by atoms with Crippen molar-refractivity contribution in [1.82, 2.24) is 10.6 Å². The topological polar surface area (TPSA) is 93.7 Å². The number of rotatable bonds is 7. The summed E-state index contributed by atoms with van der Waals surface area (Å²) in [4.78, 5) is 39.5. The van der Waals surface area contributed by atoms with Crippen LogP contribution in [-0.2, 0) is 25.5 Å². The first-order valence-electron chi connectivity index (χ1n) is 13.9. The molecule has 2 amide bonds. The monoisotopic (exact) mass is 562 g/mol. The Morgan fingerprint density at radius 3 is 2.05 bits per heavy atom. The van der Waals surface area contributed by atoms with Crippen LogP contribution in [-0.4, -0.2) is 36.7 Å². The van der Waals surface area contributed by atoms with E-state index in [1.54, 1.807) is 27.7 Å². The van der Waals surface area contributed by atoms with Gasteiger partial charge in [-0.05, 0) is 76.7 Å². The SMILES string of the molecule is COC(=O)/C(NC(=O)[C@H](Cc1ccccc1)NC(=O)OC(C)(C)C)=C(/C)c1ccc2ccc3cccc4ccc1c2c34. The van der Waals surface area contributed by atoms with Gasteiger partial charge in [0.1, 0.15) is 17.3 Å². The van der Waals surface area contributed by atoms with E-state index in [0.29, 0.717) is 5.57 Å². The molecule has 0 aliphatic carbocycles. The van der Waals surface area contributed by atoms with Crippen LogP contribution in [0.25, 0.3) is 37.9 Å². The van der Waals surface area contributed by atoms with Crippen LogP contribution >= 0.6 is 0 Å². The van der Waals surface area contributed by atoms with Crippen LogP contribution in [0.15, 0.2) is 90.6 Å². The Labute approximate surface area is 244 Å². The number of esters is 1. The van der Waals surface area contributed by atoms with Crippen molar-refractivity contribution in [1.29, 1.82) is 0 Å². The Bertz CT molecular complexity index is 1800. The molecular formula is C35H34N2O5. The summed E-state index contributed by atoms with van der Waals surface area (Å²) in [7, 11) is 1.27. The van der Waals surface area contributed by atoms with E-state index in [1.807, 2.05) is 54.6 Å². The van der Waals surface area contributed by atoms with Gasteiger partial charge < -0.3 is 20.1 Å². The lowest BCUT2D eigenvalue weighted by Crippen LogP contribution is -2.49. The molecule has 5 aromatic rings. The van der Waals surface area contributed by atoms with Gasteiger partial charge in [-0.25, -0.2) is 9.59 Å². The summed E-state index contributed by atoms with van der Waals surface area (Å²) in [5.74, 6) is -1.26. The normalized spacial score (nSPS) is 13.1. The molecule has 0 fully saturated rings. The maximum atomic E-state index is 13.7. The third-order valence-electron chi connectivity index (χ3n) is 7.24. The third-order valence-corrected chi connectivity index (χ3v) is 7.24. The number of ether oxygens (including phenoxy) is 2. The van der Waals surface area contributed by atoms with Crippen LogP contribution in [0.4, 0.5) is 4.79 Å². The first-order valence-corrected chi connectivity index (χ1v) is 13.9. The molecule has 0 unspecified atom stereocenters. The first-order chi connectivity index (χ1) is 20.1. The van der Waals surface area contributed by atoms with Crippen molar-refractivity contribution in [2.45, 2.75) is 45.8 Å². The minimum atomic E-state index is -1.02. The molecule has 7 heteroatoms. The molecule has 0 bridgehead atoms. The molecule has 0 saturated carbocycles. The van der Waals surface area contributed by atoms with Gasteiger partial charge in [-0.1, -0.05) is 84.9 Å². The van der Waals surface area contributed by atoms with E-state index in [1.165, 1.54) is 7.11 Å². The van der Waals surface area contributed by atoms with Crippen molar-refractivity contribution < 1.29 is 23.9 Å². The number of carbonyl (C=O) groups is 3. The van der Waals surface area contributed by atoms with E-state index in [9.17, 15) is 14.4 Å². The number of carbonyl (C=O) groups excluding carboxylic acids is 3. The maximum Gasteiger partial charge on any atom is 0.408 e. The Balaban J connectivity index is 1.56. The van der Waals surface area contributed by atoms with Crippen LogP contribution in [0.5, 0.6) is 0 Å².